The van der Waals surface area contributed by atoms with E-state index < -0.39 is 5.97 Å². The zero-order chi connectivity index (χ0) is 43.0. The van der Waals surface area contributed by atoms with Gasteiger partial charge in [0.15, 0.2) is 0 Å². The van der Waals surface area contributed by atoms with Gasteiger partial charge in [-0.2, -0.15) is 11.8 Å². The van der Waals surface area contributed by atoms with Gasteiger partial charge in [-0.1, -0.05) is 30.7 Å². The number of pyridine rings is 1. The molecule has 4 fully saturated rings. The Bertz CT molecular complexity index is 2160. The Balaban J connectivity index is 0.663. The van der Waals surface area contributed by atoms with E-state index in [-0.39, 0.29) is 85.0 Å². The summed E-state index contributed by atoms with van der Waals surface area (Å²) in [6.45, 7) is 2.41. The minimum absolute atomic E-state index is 0.00648. The van der Waals surface area contributed by atoms with Gasteiger partial charge in [0.1, 0.15) is 6.61 Å². The molecule has 17 heteroatoms. The summed E-state index contributed by atoms with van der Waals surface area (Å²) in [5.41, 5.74) is 2.55. The molecule has 1 aromatic heterocycles. The number of aromatic nitrogens is 1. The van der Waals surface area contributed by atoms with Crippen molar-refractivity contribution >= 4 is 69.7 Å². The van der Waals surface area contributed by atoms with Crippen molar-refractivity contribution in [3.63, 3.8) is 0 Å². The predicted octanol–water partition coefficient (Wildman–Crippen LogP) is 4.12. The molecular weight excluding hydrogens is 817 g/mol. The van der Waals surface area contributed by atoms with Crippen molar-refractivity contribution in [1.29, 1.82) is 0 Å². The number of fused-ring (bicyclic) bond motifs is 7. The molecule has 3 saturated heterocycles. The van der Waals surface area contributed by atoms with Crippen LogP contribution in [0.1, 0.15) is 54.4 Å². The van der Waals surface area contributed by atoms with Crippen LogP contribution in [0.5, 0.6) is 0 Å². The number of allylic oxidation sites excluding steroid dienone is 2. The van der Waals surface area contributed by atoms with E-state index in [9.17, 15) is 28.8 Å². The van der Waals surface area contributed by atoms with E-state index in [0.717, 1.165) is 42.4 Å². The fourth-order valence-corrected chi connectivity index (χ4v) is 10.7. The van der Waals surface area contributed by atoms with Gasteiger partial charge in [0, 0.05) is 46.7 Å². The van der Waals surface area contributed by atoms with Gasteiger partial charge >= 0.3 is 12.0 Å². The van der Waals surface area contributed by atoms with Gasteiger partial charge in [0.05, 0.1) is 86.9 Å². The lowest BCUT2D eigenvalue weighted by molar-refractivity contribution is -0.146. The van der Waals surface area contributed by atoms with Crippen molar-refractivity contribution in [3.8, 4) is 0 Å². The molecule has 0 spiro atoms. The van der Waals surface area contributed by atoms with Crippen molar-refractivity contribution in [2.75, 3.05) is 62.2 Å². The number of amides is 6. The number of para-hydroxylation sites is 1. The van der Waals surface area contributed by atoms with Crippen molar-refractivity contribution in [2.45, 2.75) is 62.5 Å². The van der Waals surface area contributed by atoms with Crippen molar-refractivity contribution < 1.29 is 47.7 Å². The summed E-state index contributed by atoms with van der Waals surface area (Å²) in [7, 11) is 0. The number of carbonyl (C=O) groups is 6. The van der Waals surface area contributed by atoms with Crippen LogP contribution < -0.4 is 26.2 Å². The van der Waals surface area contributed by atoms with Gasteiger partial charge in [-0.05, 0) is 67.5 Å². The first-order valence-corrected chi connectivity index (χ1v) is 22.5. The molecule has 6 amide bonds. The van der Waals surface area contributed by atoms with Gasteiger partial charge in [0.2, 0.25) is 17.7 Å². The van der Waals surface area contributed by atoms with Crippen LogP contribution in [0.3, 0.4) is 0 Å². The molecule has 1 saturated carbocycles. The SMILES string of the molecule is O=C(CCCC[C@@H]1SC[C@@H]2NC(=O)N[C@@H]21)NCCOCCOCCOCCC(=O)OCc1ccnc2c(NC(=O)c3ccc(N4C(=O)[C@@H]5C6C=CC(C6)[C@@H]5C4=O)cc3)cccc12. The minimum Gasteiger partial charge on any atom is -0.461 e. The fraction of sp³-hybridized carbons (Fsp3) is 0.489. The van der Waals surface area contributed by atoms with Crippen LogP contribution in [0.25, 0.3) is 10.9 Å². The summed E-state index contributed by atoms with van der Waals surface area (Å²) in [6.07, 6.45) is 9.85. The van der Waals surface area contributed by atoms with Crippen LogP contribution in [0.2, 0.25) is 0 Å². The number of hydrogen-bond donors (Lipinski definition) is 4. The fourth-order valence-electron chi connectivity index (χ4n) is 9.13. The number of urea groups is 1. The standard InChI is InChI=1S/C45H52N6O10S/c52-36(7-2-1-6-35-41-34(26-62-35)49-45(57)50-41)46-17-19-59-21-23-60-22-20-58-18-15-37(53)61-25-30-14-16-47-40-32(30)4-3-5-33(40)48-42(54)27-10-12-31(13-11-27)51-43(55)38-28-8-9-29(24-28)39(38)44(51)56/h3-5,8-14,16,28-29,34-35,38-39,41H,1-2,6-7,15,17-26H2,(H,46,52)(H,48,54)(H2,49,50,57)/t28?,29?,34-,35-,38-,39+,41-/m0/s1. The highest BCUT2D eigenvalue weighted by atomic mass is 32.2. The average molecular weight is 869 g/mol. The second-order valence-electron chi connectivity index (χ2n) is 16.1. The highest BCUT2D eigenvalue weighted by molar-refractivity contribution is 8.00. The molecule has 3 aliphatic heterocycles. The van der Waals surface area contributed by atoms with Gasteiger partial charge < -0.3 is 40.2 Å². The third kappa shape index (κ3) is 9.96. The highest BCUT2D eigenvalue weighted by Gasteiger charge is 2.59. The molecule has 7 atom stereocenters. The monoisotopic (exact) mass is 868 g/mol. The summed E-state index contributed by atoms with van der Waals surface area (Å²) >= 11 is 1.88. The number of carbonyl (C=O) groups excluding carboxylic acids is 6. The number of nitrogens with one attached hydrogen (secondary N) is 4. The maximum atomic E-state index is 13.3. The van der Waals surface area contributed by atoms with E-state index in [2.05, 4.69) is 38.4 Å². The Kier molecular flexibility index (Phi) is 14.1. The molecule has 62 heavy (non-hydrogen) atoms. The molecule has 2 bridgehead atoms. The first-order chi connectivity index (χ1) is 30.2. The zero-order valence-electron chi connectivity index (χ0n) is 34.4. The summed E-state index contributed by atoms with van der Waals surface area (Å²) < 4.78 is 22.1. The number of hydrogen-bond acceptors (Lipinski definition) is 12. The molecule has 0 radical (unpaired) electrons. The summed E-state index contributed by atoms with van der Waals surface area (Å²) in [5, 5.41) is 12.9. The van der Waals surface area contributed by atoms with Crippen LogP contribution in [-0.2, 0) is 44.7 Å². The number of nitrogens with zero attached hydrogens (tertiary/aromatic N) is 2. The molecule has 2 unspecified atom stereocenters. The van der Waals surface area contributed by atoms with Gasteiger partial charge in [-0.15, -0.1) is 0 Å². The largest absolute Gasteiger partial charge is 0.461 e. The second-order valence-corrected chi connectivity index (χ2v) is 17.4. The number of anilines is 2. The van der Waals surface area contributed by atoms with Crippen molar-refractivity contribution in [3.05, 3.63) is 78.0 Å². The van der Waals surface area contributed by atoms with E-state index in [1.165, 1.54) is 4.90 Å². The lowest BCUT2D eigenvalue weighted by atomic mass is 9.85. The number of rotatable bonds is 22. The maximum Gasteiger partial charge on any atom is 0.315 e. The Morgan fingerprint density at radius 2 is 1.55 bits per heavy atom. The van der Waals surface area contributed by atoms with Crippen LogP contribution >= 0.6 is 11.8 Å². The van der Waals surface area contributed by atoms with Crippen LogP contribution in [0.15, 0.2) is 66.9 Å². The predicted molar refractivity (Wildman–Crippen MR) is 230 cm³/mol. The second kappa shape index (κ2) is 20.2. The first-order valence-electron chi connectivity index (χ1n) is 21.4. The lowest BCUT2D eigenvalue weighted by Crippen LogP contribution is -2.36. The number of benzene rings is 2. The third-order valence-electron chi connectivity index (χ3n) is 12.2. The van der Waals surface area contributed by atoms with Crippen LogP contribution in [-0.4, -0.2) is 110 Å². The molecule has 2 aromatic carbocycles. The molecular formula is C45H52N6O10S. The summed E-state index contributed by atoms with van der Waals surface area (Å²) in [6, 6.07) is 13.9. The molecule has 328 valence electrons. The van der Waals surface area contributed by atoms with E-state index in [4.69, 9.17) is 18.9 Å². The number of ether oxygens (including phenoxy) is 4. The molecule has 16 nitrogen and oxygen atoms in total. The smallest absolute Gasteiger partial charge is 0.315 e. The molecule has 5 aliphatic rings. The first kappa shape index (κ1) is 43.3. The van der Waals surface area contributed by atoms with E-state index >= 15 is 0 Å². The van der Waals surface area contributed by atoms with Gasteiger partial charge in [-0.3, -0.25) is 33.9 Å². The Morgan fingerprint density at radius 3 is 2.31 bits per heavy atom. The third-order valence-corrected chi connectivity index (χ3v) is 13.7. The van der Waals surface area contributed by atoms with E-state index in [0.29, 0.717) is 73.7 Å². The number of esters is 1. The number of imide groups is 1. The average Bonchev–Trinajstić information content (AvgIpc) is 4.11. The highest BCUT2D eigenvalue weighted by Crippen LogP contribution is 2.53. The van der Waals surface area contributed by atoms with Crippen molar-refractivity contribution in [2.24, 2.45) is 23.7 Å². The molecule has 2 aliphatic carbocycles. The number of unbranched alkanes of at least 4 members (excludes halogenated alkanes) is 1. The van der Waals surface area contributed by atoms with E-state index in [1.54, 1.807) is 48.7 Å². The van der Waals surface area contributed by atoms with Gasteiger partial charge in [0.25, 0.3) is 5.91 Å². The van der Waals surface area contributed by atoms with Crippen LogP contribution in [0, 0.1) is 23.7 Å². The summed E-state index contributed by atoms with van der Waals surface area (Å²) in [5.74, 6) is -0.541. The van der Waals surface area contributed by atoms with Crippen molar-refractivity contribution in [1.82, 2.24) is 20.9 Å². The molecule has 4 heterocycles. The Labute approximate surface area is 363 Å². The number of thioether (sulfide) groups is 1. The van der Waals surface area contributed by atoms with Crippen LogP contribution in [0.4, 0.5) is 16.2 Å². The zero-order valence-corrected chi connectivity index (χ0v) is 35.2. The molecule has 3 aromatic rings. The summed E-state index contributed by atoms with van der Waals surface area (Å²) in [4.78, 5) is 81.6. The Morgan fingerprint density at radius 1 is 0.823 bits per heavy atom. The minimum atomic E-state index is -0.423. The Hall–Kier alpha value is -5.36. The maximum absolute atomic E-state index is 13.3. The van der Waals surface area contributed by atoms with Gasteiger partial charge in [-0.25, -0.2) is 4.79 Å². The quantitative estimate of drug-likeness (QED) is 0.0371. The normalized spacial score (nSPS) is 24.3. The van der Waals surface area contributed by atoms with E-state index in [1.807, 2.05) is 17.8 Å². The molecule has 8 rings (SSSR count). The topological polar surface area (TPSA) is 204 Å². The lowest BCUT2D eigenvalue weighted by Gasteiger charge is -2.17. The molecule has 4 N–H and O–H groups in total.